The lowest BCUT2D eigenvalue weighted by Crippen LogP contribution is -2.44. The van der Waals surface area contributed by atoms with E-state index in [0.717, 1.165) is 34.2 Å². The van der Waals surface area contributed by atoms with Gasteiger partial charge in [0, 0.05) is 81.7 Å². The number of aliphatic carboxylic acids is 2. The third kappa shape index (κ3) is 12.7. The van der Waals surface area contributed by atoms with E-state index < -0.39 is 53.7 Å². The number of fused-ring (bicyclic) bond motifs is 1. The number of carboxylic acid groups (broad SMARTS) is 2. The fourth-order valence-electron chi connectivity index (χ4n) is 7.08. The van der Waals surface area contributed by atoms with E-state index in [1.54, 1.807) is 29.4 Å². The van der Waals surface area contributed by atoms with Gasteiger partial charge in [-0.25, -0.2) is 14.6 Å². The van der Waals surface area contributed by atoms with Crippen LogP contribution in [0.15, 0.2) is 47.8 Å². The minimum absolute atomic E-state index is 0.00240. The molecular formula is C40H53N9O10S. The molecule has 3 unspecified atom stereocenters. The Morgan fingerprint density at radius 1 is 0.933 bits per heavy atom. The Morgan fingerprint density at radius 3 is 2.38 bits per heavy atom. The molecule has 5 rings (SSSR count). The van der Waals surface area contributed by atoms with Gasteiger partial charge in [0.2, 0.25) is 23.6 Å². The number of rotatable bonds is 21. The van der Waals surface area contributed by atoms with Crippen molar-refractivity contribution in [1.82, 2.24) is 30.4 Å². The zero-order chi connectivity index (χ0) is 43.3. The molecule has 0 bridgehead atoms. The molecule has 0 radical (unpaired) electrons. The summed E-state index contributed by atoms with van der Waals surface area (Å²) in [7, 11) is 0. The molecule has 0 spiro atoms. The molecule has 20 heteroatoms. The standard InChI is InChI=1S/C40H53N9O10S/c1-24-17-35(53)49(46-36(24)25-8-10-28(11-9-25)44-40(59)47-21-26-12-14-42-20-27(26)22-47)16-6-4-13-43-33(51)18-30(39(57)58)45-32(50)7-3-2-5-15-48-34(52)19-31(37(48)54)60-23-29(41)38(55)56/h8-12,14,20,24,29-31,34,52H,2-7,13,15-19,21-23,41H2,1H3,(H,43,51)(H,44,59)(H,45,50)(H,55,56)(H,57,58)/t24?,29-,30-,31?,34?/m0/s1. The molecule has 19 nitrogen and oxygen atoms in total. The van der Waals surface area contributed by atoms with Crippen LogP contribution in [0.1, 0.15) is 81.4 Å². The Kier molecular flexibility index (Phi) is 16.4. The number of anilines is 1. The van der Waals surface area contributed by atoms with Crippen LogP contribution in [0.3, 0.4) is 0 Å². The van der Waals surface area contributed by atoms with Crippen LogP contribution in [0.4, 0.5) is 10.5 Å². The SMILES string of the molecule is CC1CC(=O)N(CCCCNC(=O)C[C@H](NC(=O)CCCCCN2C(=O)C(SC[C@H](N)C(=O)O)CC2O)C(=O)O)N=C1c1ccc(NC(=O)N2Cc3ccncc3C2)cc1. The number of aliphatic hydroxyl groups excluding tert-OH is 1. The minimum Gasteiger partial charge on any atom is -0.480 e. The van der Waals surface area contributed by atoms with Gasteiger partial charge in [-0.05, 0) is 60.6 Å². The van der Waals surface area contributed by atoms with Gasteiger partial charge < -0.3 is 46.8 Å². The van der Waals surface area contributed by atoms with E-state index in [4.69, 9.17) is 10.8 Å². The van der Waals surface area contributed by atoms with Gasteiger partial charge in [-0.1, -0.05) is 25.5 Å². The smallest absolute Gasteiger partial charge is 0.326 e. The number of carbonyl (C=O) groups is 7. The van der Waals surface area contributed by atoms with E-state index in [-0.39, 0.29) is 61.9 Å². The molecule has 5 atom stereocenters. The number of hydrazone groups is 1. The Morgan fingerprint density at radius 2 is 1.67 bits per heavy atom. The Labute approximate surface area is 351 Å². The van der Waals surface area contributed by atoms with Crippen LogP contribution in [0, 0.1) is 5.92 Å². The number of likely N-dealkylation sites (tertiary alicyclic amines) is 1. The first kappa shape index (κ1) is 45.5. The van der Waals surface area contributed by atoms with Crippen molar-refractivity contribution in [2.75, 3.05) is 30.7 Å². The second-order valence-corrected chi connectivity index (χ2v) is 16.4. The zero-order valence-corrected chi connectivity index (χ0v) is 34.3. The van der Waals surface area contributed by atoms with Crippen LogP contribution in [-0.4, -0.2) is 131 Å². The predicted octanol–water partition coefficient (Wildman–Crippen LogP) is 1.68. The van der Waals surface area contributed by atoms with Crippen LogP contribution in [0.5, 0.6) is 0 Å². The van der Waals surface area contributed by atoms with Crippen molar-refractivity contribution in [1.29, 1.82) is 0 Å². The number of aromatic nitrogens is 1. The molecule has 1 fully saturated rings. The first-order chi connectivity index (χ1) is 28.7. The van der Waals surface area contributed by atoms with Crippen molar-refractivity contribution < 1.29 is 48.9 Å². The Bertz CT molecular complexity index is 1910. The maximum atomic E-state index is 12.9. The molecule has 1 aromatic carbocycles. The van der Waals surface area contributed by atoms with Gasteiger partial charge in [0.15, 0.2) is 0 Å². The van der Waals surface area contributed by atoms with Crippen molar-refractivity contribution in [3.8, 4) is 0 Å². The summed E-state index contributed by atoms with van der Waals surface area (Å²) in [6.07, 6.45) is 4.86. The molecule has 0 aliphatic carbocycles. The molecule has 1 aromatic heterocycles. The lowest BCUT2D eigenvalue weighted by Gasteiger charge is -2.28. The van der Waals surface area contributed by atoms with E-state index >= 15 is 0 Å². The number of hydrogen-bond acceptors (Lipinski definition) is 12. The number of urea groups is 1. The number of amides is 6. The summed E-state index contributed by atoms with van der Waals surface area (Å²) >= 11 is 1.10. The van der Waals surface area contributed by atoms with Gasteiger partial charge >= 0.3 is 18.0 Å². The third-order valence-corrected chi connectivity index (χ3v) is 11.8. The highest BCUT2D eigenvalue weighted by Crippen LogP contribution is 2.29. The fraction of sp³-hybridized carbons (Fsp3) is 0.525. The van der Waals surface area contributed by atoms with Crippen molar-refractivity contribution in [2.45, 2.75) is 101 Å². The zero-order valence-electron chi connectivity index (χ0n) is 33.5. The average Bonchev–Trinajstić information content (AvgIpc) is 3.77. The van der Waals surface area contributed by atoms with E-state index in [1.807, 2.05) is 25.1 Å². The quantitative estimate of drug-likeness (QED) is 0.0882. The molecule has 6 amide bonds. The highest BCUT2D eigenvalue weighted by atomic mass is 32.2. The maximum Gasteiger partial charge on any atom is 0.326 e. The molecule has 3 aliphatic rings. The molecule has 324 valence electrons. The summed E-state index contributed by atoms with van der Waals surface area (Å²) < 4.78 is 0. The molecule has 0 saturated carbocycles. The number of aliphatic hydroxyl groups is 1. The number of benzene rings is 1. The molecule has 8 N–H and O–H groups in total. The number of thioether (sulfide) groups is 1. The normalized spacial score (nSPS) is 19.7. The summed E-state index contributed by atoms with van der Waals surface area (Å²) in [5.74, 6) is -4.11. The summed E-state index contributed by atoms with van der Waals surface area (Å²) in [4.78, 5) is 93.3. The summed E-state index contributed by atoms with van der Waals surface area (Å²) in [6.45, 7) is 3.73. The Hall–Kier alpha value is -5.60. The monoisotopic (exact) mass is 851 g/mol. The van der Waals surface area contributed by atoms with Crippen molar-refractivity contribution >= 4 is 64.8 Å². The summed E-state index contributed by atoms with van der Waals surface area (Å²) in [6, 6.07) is 6.49. The molecule has 1 saturated heterocycles. The number of carboxylic acids is 2. The number of nitrogens with two attached hydrogens (primary N) is 1. The van der Waals surface area contributed by atoms with Crippen molar-refractivity contribution in [3.05, 3.63) is 59.4 Å². The molecule has 4 heterocycles. The van der Waals surface area contributed by atoms with E-state index in [9.17, 15) is 43.8 Å². The number of nitrogens with one attached hydrogen (secondary N) is 3. The molecular weight excluding hydrogens is 799 g/mol. The fourth-order valence-corrected chi connectivity index (χ4v) is 8.25. The van der Waals surface area contributed by atoms with Crippen LogP contribution in [0.25, 0.3) is 0 Å². The van der Waals surface area contributed by atoms with Crippen molar-refractivity contribution in [3.63, 3.8) is 0 Å². The molecule has 2 aromatic rings. The highest BCUT2D eigenvalue weighted by Gasteiger charge is 2.39. The lowest BCUT2D eigenvalue weighted by atomic mass is 9.93. The van der Waals surface area contributed by atoms with Crippen molar-refractivity contribution in [2.24, 2.45) is 16.8 Å². The van der Waals surface area contributed by atoms with Crippen LogP contribution in [-0.2, 0) is 41.9 Å². The van der Waals surface area contributed by atoms with Gasteiger partial charge in [0.05, 0.1) is 17.4 Å². The molecule has 3 aliphatic heterocycles. The van der Waals surface area contributed by atoms with E-state index in [2.05, 4.69) is 26.0 Å². The Balaban J connectivity index is 0.966. The van der Waals surface area contributed by atoms with Gasteiger partial charge in [-0.2, -0.15) is 5.10 Å². The predicted molar refractivity (Wildman–Crippen MR) is 220 cm³/mol. The van der Waals surface area contributed by atoms with E-state index in [0.29, 0.717) is 57.4 Å². The number of nitrogens with zero attached hydrogens (tertiary/aromatic N) is 5. The maximum absolute atomic E-state index is 12.9. The number of hydrogen-bond donors (Lipinski definition) is 7. The number of pyridine rings is 1. The largest absolute Gasteiger partial charge is 0.480 e. The van der Waals surface area contributed by atoms with Crippen LogP contribution in [0.2, 0.25) is 0 Å². The summed E-state index contributed by atoms with van der Waals surface area (Å²) in [5.41, 5.74) is 9.81. The minimum atomic E-state index is -1.43. The van der Waals surface area contributed by atoms with Gasteiger partial charge in [0.1, 0.15) is 18.3 Å². The topological polar surface area (TPSA) is 277 Å². The lowest BCUT2D eigenvalue weighted by molar-refractivity contribution is -0.143. The van der Waals surface area contributed by atoms with Crippen LogP contribution < -0.4 is 21.7 Å². The second kappa shape index (κ2) is 21.6. The summed E-state index contributed by atoms with van der Waals surface area (Å²) in [5, 5.41) is 42.3. The van der Waals surface area contributed by atoms with E-state index in [1.165, 1.54) is 9.91 Å². The first-order valence-electron chi connectivity index (χ1n) is 20.0. The molecule has 60 heavy (non-hydrogen) atoms. The highest BCUT2D eigenvalue weighted by molar-refractivity contribution is 8.00. The number of carbonyl (C=O) groups excluding carboxylic acids is 5. The second-order valence-electron chi connectivity index (χ2n) is 15.2. The van der Waals surface area contributed by atoms with Crippen LogP contribution >= 0.6 is 11.8 Å². The number of unbranched alkanes of at least 4 members (excludes halogenated alkanes) is 3. The average molecular weight is 852 g/mol. The first-order valence-corrected chi connectivity index (χ1v) is 21.1. The van der Waals surface area contributed by atoms with Gasteiger partial charge in [0.25, 0.3) is 0 Å². The van der Waals surface area contributed by atoms with Gasteiger partial charge in [-0.15, -0.1) is 11.8 Å². The third-order valence-electron chi connectivity index (χ3n) is 10.5. The van der Waals surface area contributed by atoms with Gasteiger partial charge in [-0.3, -0.25) is 29.0 Å².